The van der Waals surface area contributed by atoms with Gasteiger partial charge in [-0.2, -0.15) is 13.2 Å². The van der Waals surface area contributed by atoms with E-state index in [9.17, 15) is 21.6 Å². The van der Waals surface area contributed by atoms with Crippen LogP contribution in [0.5, 0.6) is 0 Å². The van der Waals surface area contributed by atoms with Crippen molar-refractivity contribution in [3.8, 4) is 0 Å². The summed E-state index contributed by atoms with van der Waals surface area (Å²) >= 11 is 0. The predicted molar refractivity (Wildman–Crippen MR) is 74.0 cm³/mol. The average molecular weight is 322 g/mol. The number of hydrogen-bond donors (Lipinski definition) is 1. The number of rotatable bonds is 3. The fourth-order valence-corrected chi connectivity index (χ4v) is 3.18. The molecule has 1 unspecified atom stereocenters. The maximum Gasteiger partial charge on any atom is 0.501 e. The van der Waals surface area contributed by atoms with E-state index in [1.165, 1.54) is 12.1 Å². The summed E-state index contributed by atoms with van der Waals surface area (Å²) in [5.41, 5.74) is -4.53. The second-order valence-electron chi connectivity index (χ2n) is 4.90. The molecule has 8 heteroatoms. The molecule has 0 aliphatic carbocycles. The van der Waals surface area contributed by atoms with Crippen LogP contribution in [0.3, 0.4) is 0 Å². The molecule has 1 N–H and O–H groups in total. The fourth-order valence-electron chi connectivity index (χ4n) is 2.42. The minimum Gasteiger partial charge on any atom is -0.366 e. The minimum absolute atomic E-state index is 0.254. The summed E-state index contributed by atoms with van der Waals surface area (Å²) in [6.07, 6.45) is 0.898. The Morgan fingerprint density at radius 1 is 1.29 bits per heavy atom. The molecule has 1 aromatic carbocycles. The van der Waals surface area contributed by atoms with Crippen LogP contribution in [0.15, 0.2) is 29.2 Å². The molecular formula is C13H17F3N2O2S. The maximum absolute atomic E-state index is 12.5. The Morgan fingerprint density at radius 3 is 2.43 bits per heavy atom. The summed E-state index contributed by atoms with van der Waals surface area (Å²) in [5, 5.41) is 3.25. The van der Waals surface area contributed by atoms with E-state index < -0.39 is 20.2 Å². The monoisotopic (exact) mass is 322 g/mol. The Balaban J connectivity index is 2.27. The van der Waals surface area contributed by atoms with Gasteiger partial charge in [-0.05, 0) is 30.7 Å². The molecule has 0 amide bonds. The van der Waals surface area contributed by atoms with Gasteiger partial charge in [0.25, 0.3) is 9.84 Å². The van der Waals surface area contributed by atoms with Crippen LogP contribution in [0, 0.1) is 0 Å². The number of nitrogens with one attached hydrogen (secondary N) is 1. The van der Waals surface area contributed by atoms with Gasteiger partial charge >= 0.3 is 5.51 Å². The Labute approximate surface area is 121 Å². The van der Waals surface area contributed by atoms with Crippen molar-refractivity contribution in [1.82, 2.24) is 5.32 Å². The van der Waals surface area contributed by atoms with Crippen LogP contribution in [0.4, 0.5) is 18.9 Å². The Kier molecular flexibility index (Phi) is 4.48. The van der Waals surface area contributed by atoms with Gasteiger partial charge in [-0.1, -0.05) is 6.92 Å². The average Bonchev–Trinajstić information content (AvgIpc) is 2.46. The van der Waals surface area contributed by atoms with E-state index in [4.69, 9.17) is 0 Å². The van der Waals surface area contributed by atoms with Gasteiger partial charge in [0, 0.05) is 31.4 Å². The topological polar surface area (TPSA) is 49.4 Å². The highest BCUT2D eigenvalue weighted by molar-refractivity contribution is 7.92. The van der Waals surface area contributed by atoms with Crippen LogP contribution in [0.2, 0.25) is 0 Å². The van der Waals surface area contributed by atoms with Crippen LogP contribution in [0.25, 0.3) is 0 Å². The number of anilines is 1. The zero-order valence-electron chi connectivity index (χ0n) is 11.5. The summed E-state index contributed by atoms with van der Waals surface area (Å²) in [7, 11) is -5.27. The molecule has 0 spiro atoms. The molecule has 0 aromatic heterocycles. The lowest BCUT2D eigenvalue weighted by Crippen LogP contribution is -2.51. The van der Waals surface area contributed by atoms with E-state index in [0.717, 1.165) is 43.9 Å². The molecule has 1 atom stereocenters. The molecular weight excluding hydrogens is 305 g/mol. The van der Waals surface area contributed by atoms with E-state index in [-0.39, 0.29) is 6.04 Å². The number of alkyl halides is 3. The summed E-state index contributed by atoms with van der Waals surface area (Å²) in [5.74, 6) is 0. The molecule has 118 valence electrons. The Bertz CT molecular complexity index is 584. The van der Waals surface area contributed by atoms with E-state index >= 15 is 0 Å². The number of piperazine rings is 1. The number of nitrogens with zero attached hydrogens (tertiary/aromatic N) is 1. The van der Waals surface area contributed by atoms with Gasteiger partial charge in [0.2, 0.25) is 0 Å². The number of benzene rings is 1. The summed E-state index contributed by atoms with van der Waals surface area (Å²) in [6, 6.07) is 5.17. The molecule has 1 aliphatic heterocycles. The van der Waals surface area contributed by atoms with Crippen LogP contribution < -0.4 is 10.2 Å². The highest BCUT2D eigenvalue weighted by Gasteiger charge is 2.46. The van der Waals surface area contributed by atoms with Crippen LogP contribution in [-0.4, -0.2) is 39.6 Å². The van der Waals surface area contributed by atoms with Crippen LogP contribution in [0.1, 0.15) is 13.3 Å². The van der Waals surface area contributed by atoms with Crippen molar-refractivity contribution in [2.24, 2.45) is 0 Å². The lowest BCUT2D eigenvalue weighted by Gasteiger charge is -2.37. The van der Waals surface area contributed by atoms with Gasteiger partial charge in [-0.25, -0.2) is 8.42 Å². The van der Waals surface area contributed by atoms with Crippen molar-refractivity contribution in [2.75, 3.05) is 24.5 Å². The van der Waals surface area contributed by atoms with Gasteiger partial charge in [-0.3, -0.25) is 0 Å². The summed E-state index contributed by atoms with van der Waals surface area (Å²) in [4.78, 5) is 1.36. The molecule has 1 aromatic rings. The minimum atomic E-state index is -5.27. The molecule has 1 fully saturated rings. The van der Waals surface area contributed by atoms with Crippen LogP contribution in [-0.2, 0) is 9.84 Å². The molecule has 21 heavy (non-hydrogen) atoms. The molecule has 4 nitrogen and oxygen atoms in total. The summed E-state index contributed by atoms with van der Waals surface area (Å²) < 4.78 is 60.1. The first-order valence-electron chi connectivity index (χ1n) is 6.66. The van der Waals surface area contributed by atoms with Gasteiger partial charge in [-0.15, -0.1) is 0 Å². The largest absolute Gasteiger partial charge is 0.501 e. The van der Waals surface area contributed by atoms with Gasteiger partial charge in [0.1, 0.15) is 0 Å². The highest BCUT2D eigenvalue weighted by Crippen LogP contribution is 2.31. The first-order chi connectivity index (χ1) is 9.77. The first kappa shape index (κ1) is 16.1. The van der Waals surface area contributed by atoms with Crippen LogP contribution >= 0.6 is 0 Å². The smallest absolute Gasteiger partial charge is 0.366 e. The molecule has 1 heterocycles. The number of sulfone groups is 1. The van der Waals surface area contributed by atoms with Gasteiger partial charge < -0.3 is 10.2 Å². The van der Waals surface area contributed by atoms with Gasteiger partial charge in [0.05, 0.1) is 4.90 Å². The van der Waals surface area contributed by atoms with Crippen molar-refractivity contribution in [3.63, 3.8) is 0 Å². The SMILES string of the molecule is CCC1CNCCN1c1ccc(S(=O)(=O)C(F)(F)F)cc1. The van der Waals surface area contributed by atoms with Crippen molar-refractivity contribution in [2.45, 2.75) is 29.8 Å². The third kappa shape index (κ3) is 3.16. The third-order valence-corrected chi connectivity index (χ3v) is 5.11. The van der Waals surface area contributed by atoms with Crippen molar-refractivity contribution in [1.29, 1.82) is 0 Å². The number of hydrogen-bond acceptors (Lipinski definition) is 4. The standard InChI is InChI=1S/C13H17F3N2O2S/c1-2-10-9-17-7-8-18(10)11-3-5-12(6-4-11)21(19,20)13(14,15)16/h3-6,10,17H,2,7-9H2,1H3. The predicted octanol–water partition coefficient (Wildman–Crippen LogP) is 2.17. The van der Waals surface area contributed by atoms with E-state index in [2.05, 4.69) is 10.2 Å². The third-order valence-electron chi connectivity index (χ3n) is 3.60. The molecule has 1 aliphatic rings. The molecule has 0 radical (unpaired) electrons. The molecule has 2 rings (SSSR count). The second kappa shape index (κ2) is 5.84. The first-order valence-corrected chi connectivity index (χ1v) is 8.14. The Morgan fingerprint density at radius 2 is 1.90 bits per heavy atom. The lowest BCUT2D eigenvalue weighted by molar-refractivity contribution is -0.0436. The number of halogens is 3. The second-order valence-corrected chi connectivity index (χ2v) is 6.84. The van der Waals surface area contributed by atoms with E-state index in [0.29, 0.717) is 0 Å². The fraction of sp³-hybridized carbons (Fsp3) is 0.538. The van der Waals surface area contributed by atoms with Crippen molar-refractivity contribution >= 4 is 15.5 Å². The zero-order valence-corrected chi connectivity index (χ0v) is 12.3. The van der Waals surface area contributed by atoms with E-state index in [1.54, 1.807) is 0 Å². The Hall–Kier alpha value is -1.28. The van der Waals surface area contributed by atoms with E-state index in [1.807, 2.05) is 6.92 Å². The normalized spacial score (nSPS) is 20.6. The van der Waals surface area contributed by atoms with Crippen molar-refractivity contribution < 1.29 is 21.6 Å². The maximum atomic E-state index is 12.5. The molecule has 0 saturated carbocycles. The quantitative estimate of drug-likeness (QED) is 0.926. The van der Waals surface area contributed by atoms with Gasteiger partial charge in [0.15, 0.2) is 0 Å². The summed E-state index contributed by atoms with van der Waals surface area (Å²) in [6.45, 7) is 4.37. The van der Waals surface area contributed by atoms with Crippen molar-refractivity contribution in [3.05, 3.63) is 24.3 Å². The highest BCUT2D eigenvalue weighted by atomic mass is 32.2. The lowest BCUT2D eigenvalue weighted by atomic mass is 10.1. The molecule has 0 bridgehead atoms. The zero-order chi connectivity index (χ0) is 15.7. The molecule has 1 saturated heterocycles.